The minimum Gasteiger partial charge on any atom is -0.497 e. The summed E-state index contributed by atoms with van der Waals surface area (Å²) in [5, 5.41) is 0. The Morgan fingerprint density at radius 2 is 1.79 bits per heavy atom. The zero-order valence-electron chi connectivity index (χ0n) is 11.2. The number of benzene rings is 2. The monoisotopic (exact) mass is 258 g/mol. The fourth-order valence-electron chi connectivity index (χ4n) is 1.99. The van der Waals surface area contributed by atoms with Gasteiger partial charge in [-0.3, -0.25) is 4.79 Å². The van der Waals surface area contributed by atoms with Crippen molar-refractivity contribution in [1.29, 1.82) is 0 Å². The molecule has 2 rings (SSSR count). The van der Waals surface area contributed by atoms with Gasteiger partial charge in [-0.05, 0) is 49.2 Å². The van der Waals surface area contributed by atoms with Crippen molar-refractivity contribution in [2.75, 3.05) is 7.11 Å². The average Bonchev–Trinajstić information content (AvgIpc) is 2.41. The number of hydrogen-bond donors (Lipinski definition) is 0. The fraction of sp³-hybridized carbons (Fsp3) is 0.188. The van der Waals surface area contributed by atoms with Crippen molar-refractivity contribution in [3.8, 4) is 5.75 Å². The van der Waals surface area contributed by atoms with E-state index in [1.165, 1.54) is 6.07 Å². The van der Waals surface area contributed by atoms with E-state index in [1.807, 2.05) is 6.92 Å². The molecule has 0 amide bonds. The lowest BCUT2D eigenvalue weighted by atomic mass is 9.97. The first kappa shape index (κ1) is 13.3. The molecule has 2 aromatic carbocycles. The second-order valence-corrected chi connectivity index (χ2v) is 4.45. The third-order valence-corrected chi connectivity index (χ3v) is 3.11. The lowest BCUT2D eigenvalue weighted by Gasteiger charge is -2.09. The summed E-state index contributed by atoms with van der Waals surface area (Å²) < 4.78 is 19.1. The third-order valence-electron chi connectivity index (χ3n) is 3.11. The SMILES string of the molecule is COc1ccc(C(=O)c2cccc(C)c2F)c(C)c1. The average molecular weight is 258 g/mol. The highest BCUT2D eigenvalue weighted by molar-refractivity contribution is 6.10. The van der Waals surface area contributed by atoms with Gasteiger partial charge in [-0.15, -0.1) is 0 Å². The molecule has 0 unspecified atom stereocenters. The molecule has 0 heterocycles. The topological polar surface area (TPSA) is 26.3 Å². The van der Waals surface area contributed by atoms with Gasteiger partial charge in [0.2, 0.25) is 0 Å². The summed E-state index contributed by atoms with van der Waals surface area (Å²) >= 11 is 0. The Kier molecular flexibility index (Phi) is 3.65. The Balaban J connectivity index is 2.47. The molecule has 0 N–H and O–H groups in total. The Labute approximate surface area is 111 Å². The lowest BCUT2D eigenvalue weighted by molar-refractivity contribution is 0.103. The maximum atomic E-state index is 14.0. The van der Waals surface area contributed by atoms with E-state index < -0.39 is 5.82 Å². The molecule has 0 aliphatic carbocycles. The number of methoxy groups -OCH3 is 1. The first-order valence-electron chi connectivity index (χ1n) is 5.99. The summed E-state index contributed by atoms with van der Waals surface area (Å²) in [5.41, 5.74) is 1.83. The molecule has 0 saturated heterocycles. The maximum Gasteiger partial charge on any atom is 0.196 e. The minimum atomic E-state index is -0.456. The molecule has 0 aromatic heterocycles. The summed E-state index contributed by atoms with van der Waals surface area (Å²) in [7, 11) is 1.57. The van der Waals surface area contributed by atoms with Crippen LogP contribution in [-0.4, -0.2) is 12.9 Å². The van der Waals surface area contributed by atoms with Crippen molar-refractivity contribution in [3.05, 3.63) is 64.5 Å². The molecule has 0 fully saturated rings. The zero-order chi connectivity index (χ0) is 14.0. The van der Waals surface area contributed by atoms with Gasteiger partial charge in [0.25, 0.3) is 0 Å². The van der Waals surface area contributed by atoms with E-state index in [-0.39, 0.29) is 11.3 Å². The van der Waals surface area contributed by atoms with Crippen molar-refractivity contribution in [1.82, 2.24) is 0 Å². The normalized spacial score (nSPS) is 10.3. The van der Waals surface area contributed by atoms with Crippen molar-refractivity contribution in [3.63, 3.8) is 0 Å². The molecule has 0 aliphatic rings. The van der Waals surface area contributed by atoms with Crippen molar-refractivity contribution in [2.24, 2.45) is 0 Å². The van der Waals surface area contributed by atoms with Gasteiger partial charge in [-0.25, -0.2) is 4.39 Å². The molecule has 0 aliphatic heterocycles. The molecule has 0 bridgehead atoms. The highest BCUT2D eigenvalue weighted by Gasteiger charge is 2.17. The van der Waals surface area contributed by atoms with Gasteiger partial charge < -0.3 is 4.74 Å². The van der Waals surface area contributed by atoms with Crippen LogP contribution in [-0.2, 0) is 0 Å². The Morgan fingerprint density at radius 3 is 2.42 bits per heavy atom. The Morgan fingerprint density at radius 1 is 1.05 bits per heavy atom. The molecule has 0 atom stereocenters. The van der Waals surface area contributed by atoms with Gasteiger partial charge in [0, 0.05) is 5.56 Å². The predicted octanol–water partition coefficient (Wildman–Crippen LogP) is 3.68. The van der Waals surface area contributed by atoms with E-state index in [9.17, 15) is 9.18 Å². The van der Waals surface area contributed by atoms with E-state index in [1.54, 1.807) is 44.4 Å². The van der Waals surface area contributed by atoms with E-state index in [2.05, 4.69) is 0 Å². The van der Waals surface area contributed by atoms with Crippen LogP contribution in [0.15, 0.2) is 36.4 Å². The summed E-state index contributed by atoms with van der Waals surface area (Å²) in [5.74, 6) is -0.0807. The third kappa shape index (κ3) is 2.50. The van der Waals surface area contributed by atoms with Crippen LogP contribution in [0.2, 0.25) is 0 Å². The number of halogens is 1. The molecule has 2 aromatic rings. The standard InChI is InChI=1S/C16H15FO2/c1-10-5-4-6-14(15(10)17)16(18)13-8-7-12(19-3)9-11(13)2/h4-9H,1-3H3. The van der Waals surface area contributed by atoms with Gasteiger partial charge in [0.05, 0.1) is 12.7 Å². The summed E-state index contributed by atoms with van der Waals surface area (Å²) in [6.07, 6.45) is 0. The van der Waals surface area contributed by atoms with Crippen LogP contribution in [0.4, 0.5) is 4.39 Å². The molecule has 19 heavy (non-hydrogen) atoms. The molecular formula is C16H15FO2. The number of carbonyl (C=O) groups excluding carboxylic acids is 1. The summed E-state index contributed by atoms with van der Waals surface area (Å²) in [4.78, 5) is 12.4. The maximum absolute atomic E-state index is 14.0. The Bertz CT molecular complexity index is 633. The quantitative estimate of drug-likeness (QED) is 0.785. The van der Waals surface area contributed by atoms with E-state index >= 15 is 0 Å². The molecular weight excluding hydrogens is 243 g/mol. The van der Waals surface area contributed by atoms with E-state index in [4.69, 9.17) is 4.74 Å². The van der Waals surface area contributed by atoms with E-state index in [0.29, 0.717) is 16.9 Å². The van der Waals surface area contributed by atoms with Gasteiger partial charge in [-0.1, -0.05) is 12.1 Å². The van der Waals surface area contributed by atoms with Crippen LogP contribution in [0.3, 0.4) is 0 Å². The van der Waals surface area contributed by atoms with Crippen LogP contribution in [0.25, 0.3) is 0 Å². The van der Waals surface area contributed by atoms with Crippen LogP contribution in [0.1, 0.15) is 27.0 Å². The number of aryl methyl sites for hydroxylation is 2. The van der Waals surface area contributed by atoms with E-state index in [0.717, 1.165) is 5.56 Å². The first-order valence-corrected chi connectivity index (χ1v) is 5.99. The number of ether oxygens (including phenoxy) is 1. The second-order valence-electron chi connectivity index (χ2n) is 4.45. The number of ketones is 1. The highest BCUT2D eigenvalue weighted by Crippen LogP contribution is 2.22. The lowest BCUT2D eigenvalue weighted by Crippen LogP contribution is -2.07. The predicted molar refractivity (Wildman–Crippen MR) is 72.3 cm³/mol. The zero-order valence-corrected chi connectivity index (χ0v) is 11.2. The van der Waals surface area contributed by atoms with Crippen molar-refractivity contribution in [2.45, 2.75) is 13.8 Å². The highest BCUT2D eigenvalue weighted by atomic mass is 19.1. The first-order chi connectivity index (χ1) is 9.04. The molecule has 0 spiro atoms. The number of carbonyl (C=O) groups is 1. The van der Waals surface area contributed by atoms with Crippen LogP contribution in [0, 0.1) is 19.7 Å². The van der Waals surface area contributed by atoms with Crippen molar-refractivity contribution < 1.29 is 13.9 Å². The Hall–Kier alpha value is -2.16. The summed E-state index contributed by atoms with van der Waals surface area (Å²) in [6, 6.07) is 9.97. The van der Waals surface area contributed by atoms with Crippen LogP contribution in [0.5, 0.6) is 5.75 Å². The van der Waals surface area contributed by atoms with Crippen LogP contribution >= 0.6 is 0 Å². The second kappa shape index (κ2) is 5.22. The molecule has 3 heteroatoms. The minimum absolute atomic E-state index is 0.105. The van der Waals surface area contributed by atoms with Gasteiger partial charge >= 0.3 is 0 Å². The molecule has 98 valence electrons. The van der Waals surface area contributed by atoms with Gasteiger partial charge in [0.1, 0.15) is 11.6 Å². The number of hydrogen-bond acceptors (Lipinski definition) is 2. The smallest absolute Gasteiger partial charge is 0.196 e. The fourth-order valence-corrected chi connectivity index (χ4v) is 1.99. The summed E-state index contributed by atoms with van der Waals surface area (Å²) in [6.45, 7) is 3.45. The van der Waals surface area contributed by atoms with Crippen molar-refractivity contribution >= 4 is 5.78 Å². The molecule has 2 nitrogen and oxygen atoms in total. The largest absolute Gasteiger partial charge is 0.497 e. The van der Waals surface area contributed by atoms with Gasteiger partial charge in [-0.2, -0.15) is 0 Å². The molecule has 0 saturated carbocycles. The van der Waals surface area contributed by atoms with Crippen LogP contribution < -0.4 is 4.74 Å². The van der Waals surface area contributed by atoms with Gasteiger partial charge in [0.15, 0.2) is 5.78 Å². The number of rotatable bonds is 3. The molecule has 0 radical (unpaired) electrons.